The highest BCUT2D eigenvalue weighted by atomic mass is 19.4. The monoisotopic (exact) mass is 263 g/mol. The second kappa shape index (κ2) is 5.24. The lowest BCUT2D eigenvalue weighted by molar-refractivity contribution is -0.138. The van der Waals surface area contributed by atoms with Gasteiger partial charge in [-0.15, -0.1) is 0 Å². The Hall–Kier alpha value is -1.79. The summed E-state index contributed by atoms with van der Waals surface area (Å²) in [7, 11) is 1.13. The van der Waals surface area contributed by atoms with Crippen molar-refractivity contribution in [1.82, 2.24) is 4.98 Å². The molecule has 0 aliphatic heterocycles. The Balaban J connectivity index is 3.53. The van der Waals surface area contributed by atoms with Gasteiger partial charge in [-0.1, -0.05) is 13.3 Å². The maximum absolute atomic E-state index is 12.8. The summed E-state index contributed by atoms with van der Waals surface area (Å²) >= 11 is 0. The van der Waals surface area contributed by atoms with Crippen LogP contribution in [-0.2, 0) is 12.6 Å². The van der Waals surface area contributed by atoms with Gasteiger partial charge in [-0.25, -0.2) is 9.78 Å². The minimum atomic E-state index is -4.58. The van der Waals surface area contributed by atoms with E-state index >= 15 is 0 Å². The molecule has 0 aromatic carbocycles. The number of rotatable bonds is 4. The van der Waals surface area contributed by atoms with Gasteiger partial charge >= 0.3 is 12.1 Å². The van der Waals surface area contributed by atoms with E-state index in [1.807, 2.05) is 0 Å². The van der Waals surface area contributed by atoms with E-state index in [-0.39, 0.29) is 17.7 Å². The SMILES string of the molecule is CCCc1c(C(F)(F)F)cnc(C(=O)O)c1OC. The van der Waals surface area contributed by atoms with Crippen LogP contribution in [0.25, 0.3) is 0 Å². The van der Waals surface area contributed by atoms with Crippen molar-refractivity contribution in [2.24, 2.45) is 0 Å². The summed E-state index contributed by atoms with van der Waals surface area (Å²) < 4.78 is 43.1. The highest BCUT2D eigenvalue weighted by Gasteiger charge is 2.36. The van der Waals surface area contributed by atoms with E-state index in [9.17, 15) is 18.0 Å². The highest BCUT2D eigenvalue weighted by Crippen LogP contribution is 2.37. The second-order valence-corrected chi connectivity index (χ2v) is 3.59. The zero-order valence-corrected chi connectivity index (χ0v) is 9.84. The Morgan fingerprint density at radius 3 is 2.50 bits per heavy atom. The largest absolute Gasteiger partial charge is 0.494 e. The van der Waals surface area contributed by atoms with Crippen molar-refractivity contribution in [3.63, 3.8) is 0 Å². The molecule has 0 spiro atoms. The summed E-state index contributed by atoms with van der Waals surface area (Å²) in [6, 6.07) is 0. The number of hydrogen-bond donors (Lipinski definition) is 1. The van der Waals surface area contributed by atoms with Crippen LogP contribution in [0, 0.1) is 0 Å². The molecule has 1 N–H and O–H groups in total. The molecule has 0 unspecified atom stereocenters. The van der Waals surface area contributed by atoms with E-state index in [1.165, 1.54) is 0 Å². The number of carbonyl (C=O) groups is 1. The van der Waals surface area contributed by atoms with E-state index in [2.05, 4.69) is 4.98 Å². The van der Waals surface area contributed by atoms with Gasteiger partial charge < -0.3 is 9.84 Å². The number of carboxylic acid groups (broad SMARTS) is 1. The molecule has 18 heavy (non-hydrogen) atoms. The van der Waals surface area contributed by atoms with Gasteiger partial charge in [-0.3, -0.25) is 0 Å². The second-order valence-electron chi connectivity index (χ2n) is 3.59. The summed E-state index contributed by atoms with van der Waals surface area (Å²) in [5.74, 6) is -1.74. The van der Waals surface area contributed by atoms with Crippen molar-refractivity contribution >= 4 is 5.97 Å². The number of alkyl halides is 3. The Bertz CT molecular complexity index is 458. The fourth-order valence-corrected chi connectivity index (χ4v) is 1.65. The van der Waals surface area contributed by atoms with Crippen LogP contribution in [0.15, 0.2) is 6.20 Å². The van der Waals surface area contributed by atoms with Crippen molar-refractivity contribution in [3.8, 4) is 5.75 Å². The third-order valence-electron chi connectivity index (χ3n) is 2.35. The smallest absolute Gasteiger partial charge is 0.418 e. The molecule has 1 rings (SSSR count). The number of hydrogen-bond acceptors (Lipinski definition) is 3. The van der Waals surface area contributed by atoms with Crippen LogP contribution in [-0.4, -0.2) is 23.2 Å². The molecule has 0 radical (unpaired) electrons. The van der Waals surface area contributed by atoms with Crippen LogP contribution in [0.3, 0.4) is 0 Å². The fraction of sp³-hybridized carbons (Fsp3) is 0.455. The van der Waals surface area contributed by atoms with Gasteiger partial charge in [0.05, 0.1) is 12.7 Å². The van der Waals surface area contributed by atoms with Gasteiger partial charge in [0.25, 0.3) is 0 Å². The number of pyridine rings is 1. The average Bonchev–Trinajstić information content (AvgIpc) is 2.27. The topological polar surface area (TPSA) is 59.4 Å². The van der Waals surface area contributed by atoms with Crippen LogP contribution < -0.4 is 4.74 Å². The molecule has 4 nitrogen and oxygen atoms in total. The molecule has 0 fully saturated rings. The molecule has 0 saturated carbocycles. The maximum atomic E-state index is 12.8. The Morgan fingerprint density at radius 1 is 1.50 bits per heavy atom. The molecule has 100 valence electrons. The minimum absolute atomic E-state index is 0.0703. The average molecular weight is 263 g/mol. The first-order valence-electron chi connectivity index (χ1n) is 5.19. The van der Waals surface area contributed by atoms with Crippen LogP contribution in [0.2, 0.25) is 0 Å². The standard InChI is InChI=1S/C11H12F3NO3/c1-3-4-6-7(11(12,13)14)5-15-8(10(16)17)9(6)18-2/h5H,3-4H2,1-2H3,(H,16,17). The Kier molecular flexibility index (Phi) is 4.15. The van der Waals surface area contributed by atoms with Gasteiger partial charge in [0, 0.05) is 11.8 Å². The van der Waals surface area contributed by atoms with Gasteiger partial charge in [0.1, 0.15) is 0 Å². The quantitative estimate of drug-likeness (QED) is 0.907. The van der Waals surface area contributed by atoms with Gasteiger partial charge in [0.2, 0.25) is 0 Å². The molecule has 1 heterocycles. The lowest BCUT2D eigenvalue weighted by atomic mass is 10.0. The highest BCUT2D eigenvalue weighted by molar-refractivity contribution is 5.89. The molecule has 0 bridgehead atoms. The molecule has 0 atom stereocenters. The van der Waals surface area contributed by atoms with E-state index in [0.717, 1.165) is 7.11 Å². The normalized spacial score (nSPS) is 11.4. The first-order valence-corrected chi connectivity index (χ1v) is 5.19. The number of nitrogens with zero attached hydrogens (tertiary/aromatic N) is 1. The first kappa shape index (κ1) is 14.3. The van der Waals surface area contributed by atoms with Crippen molar-refractivity contribution in [1.29, 1.82) is 0 Å². The number of aromatic carboxylic acids is 1. The third-order valence-corrected chi connectivity index (χ3v) is 2.35. The summed E-state index contributed by atoms with van der Waals surface area (Å²) in [6.07, 6.45) is -3.54. The van der Waals surface area contributed by atoms with Gasteiger partial charge in [0.15, 0.2) is 11.4 Å². The van der Waals surface area contributed by atoms with Gasteiger partial charge in [-0.05, 0) is 6.42 Å². The van der Waals surface area contributed by atoms with Crippen LogP contribution in [0.5, 0.6) is 5.75 Å². The predicted octanol–water partition coefficient (Wildman–Crippen LogP) is 2.76. The summed E-state index contributed by atoms with van der Waals surface area (Å²) in [6.45, 7) is 1.69. The van der Waals surface area contributed by atoms with Crippen LogP contribution in [0.4, 0.5) is 13.2 Å². The van der Waals surface area contributed by atoms with E-state index < -0.39 is 23.4 Å². The van der Waals surface area contributed by atoms with Gasteiger partial charge in [-0.2, -0.15) is 13.2 Å². The first-order chi connectivity index (χ1) is 8.32. The molecule has 0 aliphatic carbocycles. The fourth-order valence-electron chi connectivity index (χ4n) is 1.65. The van der Waals surface area contributed by atoms with Crippen LogP contribution in [0.1, 0.15) is 35.0 Å². The molecule has 0 saturated heterocycles. The van der Waals surface area contributed by atoms with E-state index in [4.69, 9.17) is 9.84 Å². The maximum Gasteiger partial charge on any atom is 0.418 e. The van der Waals surface area contributed by atoms with E-state index in [0.29, 0.717) is 12.6 Å². The number of aromatic nitrogens is 1. The molecule has 0 aliphatic rings. The van der Waals surface area contributed by atoms with Crippen LogP contribution >= 0.6 is 0 Å². The predicted molar refractivity (Wildman–Crippen MR) is 56.7 cm³/mol. The third kappa shape index (κ3) is 2.72. The Labute approximate surface area is 101 Å². The molecule has 0 amide bonds. The zero-order valence-electron chi connectivity index (χ0n) is 9.84. The Morgan fingerprint density at radius 2 is 2.11 bits per heavy atom. The number of methoxy groups -OCH3 is 1. The van der Waals surface area contributed by atoms with Crippen molar-refractivity contribution < 1.29 is 27.8 Å². The lowest BCUT2D eigenvalue weighted by Crippen LogP contribution is -2.15. The lowest BCUT2D eigenvalue weighted by Gasteiger charge is -2.16. The molecular formula is C11H12F3NO3. The summed E-state index contributed by atoms with van der Waals surface area (Å²) in [4.78, 5) is 14.2. The van der Waals surface area contributed by atoms with Crippen molar-refractivity contribution in [3.05, 3.63) is 23.0 Å². The number of ether oxygens (including phenoxy) is 1. The number of halogens is 3. The molecule has 1 aromatic heterocycles. The summed E-state index contributed by atoms with van der Waals surface area (Å²) in [5, 5.41) is 8.86. The molecular weight excluding hydrogens is 251 g/mol. The zero-order chi connectivity index (χ0) is 13.9. The minimum Gasteiger partial charge on any atom is -0.494 e. The van der Waals surface area contributed by atoms with Crippen molar-refractivity contribution in [2.45, 2.75) is 25.9 Å². The summed E-state index contributed by atoms with van der Waals surface area (Å²) in [5.41, 5.74) is -1.62. The number of carboxylic acids is 1. The van der Waals surface area contributed by atoms with E-state index in [1.54, 1.807) is 6.92 Å². The molecule has 1 aromatic rings. The molecule has 7 heteroatoms. The van der Waals surface area contributed by atoms with Crippen molar-refractivity contribution in [2.75, 3.05) is 7.11 Å².